The Balaban J connectivity index is 2.33. The first-order valence-electron chi connectivity index (χ1n) is 5.30. The van der Waals surface area contributed by atoms with E-state index in [0.717, 1.165) is 0 Å². The highest BCUT2D eigenvalue weighted by Gasteiger charge is 2.18. The van der Waals surface area contributed by atoms with E-state index in [1.165, 1.54) is 24.5 Å². The highest BCUT2D eigenvalue weighted by atomic mass is 35.5. The molecule has 1 amide bonds. The lowest BCUT2D eigenvalue weighted by molar-refractivity contribution is 0.0691. The van der Waals surface area contributed by atoms with Gasteiger partial charge in [0, 0.05) is 12.4 Å². The zero-order valence-corrected chi connectivity index (χ0v) is 11.3. The van der Waals surface area contributed by atoms with Gasteiger partial charge in [0.25, 0.3) is 5.91 Å². The van der Waals surface area contributed by atoms with E-state index in [1.54, 1.807) is 6.07 Å². The van der Waals surface area contributed by atoms with Crippen LogP contribution in [0.5, 0.6) is 0 Å². The summed E-state index contributed by atoms with van der Waals surface area (Å²) in [6.45, 7) is 0. The van der Waals surface area contributed by atoms with Crippen LogP contribution in [0.1, 0.15) is 20.8 Å². The predicted molar refractivity (Wildman–Crippen MR) is 73.4 cm³/mol. The molecule has 102 valence electrons. The number of rotatable bonds is 3. The standard InChI is InChI=1S/C12H7Cl2N3O3/c13-7-3-1-2-6(8(7)14)11(18)17-10-9(12(19)20)15-4-5-16-10/h1-5H,(H,19,20)(H,16,17,18). The molecule has 20 heavy (non-hydrogen) atoms. The van der Waals surface area contributed by atoms with E-state index in [-0.39, 0.29) is 27.1 Å². The molecule has 8 heteroatoms. The highest BCUT2D eigenvalue weighted by molar-refractivity contribution is 6.44. The molecule has 1 heterocycles. The van der Waals surface area contributed by atoms with E-state index in [4.69, 9.17) is 28.3 Å². The monoisotopic (exact) mass is 311 g/mol. The lowest BCUT2D eigenvalue weighted by Crippen LogP contribution is -2.17. The second-order valence-corrected chi connectivity index (χ2v) is 4.40. The molecule has 0 saturated heterocycles. The molecule has 0 radical (unpaired) electrons. The molecule has 0 unspecified atom stereocenters. The Hall–Kier alpha value is -2.18. The van der Waals surface area contributed by atoms with Crippen LogP contribution in [-0.2, 0) is 0 Å². The van der Waals surface area contributed by atoms with Crippen molar-refractivity contribution >= 4 is 40.9 Å². The van der Waals surface area contributed by atoms with E-state index in [9.17, 15) is 9.59 Å². The number of nitrogens with zero attached hydrogens (tertiary/aromatic N) is 2. The van der Waals surface area contributed by atoms with Crippen LogP contribution < -0.4 is 5.32 Å². The molecular formula is C12H7Cl2N3O3. The van der Waals surface area contributed by atoms with Gasteiger partial charge in [-0.25, -0.2) is 14.8 Å². The van der Waals surface area contributed by atoms with Crippen LogP contribution in [0.4, 0.5) is 5.82 Å². The fraction of sp³-hybridized carbons (Fsp3) is 0. The van der Waals surface area contributed by atoms with Crippen molar-refractivity contribution in [2.45, 2.75) is 0 Å². The van der Waals surface area contributed by atoms with Crippen LogP contribution in [0.2, 0.25) is 10.0 Å². The van der Waals surface area contributed by atoms with Crippen molar-refractivity contribution in [2.24, 2.45) is 0 Å². The summed E-state index contributed by atoms with van der Waals surface area (Å²) >= 11 is 11.7. The minimum atomic E-state index is -1.30. The molecule has 0 aliphatic rings. The van der Waals surface area contributed by atoms with Gasteiger partial charge in [-0.3, -0.25) is 4.79 Å². The predicted octanol–water partition coefficient (Wildman–Crippen LogP) is 2.73. The second-order valence-electron chi connectivity index (χ2n) is 3.61. The molecule has 0 atom stereocenters. The number of hydrogen-bond acceptors (Lipinski definition) is 4. The van der Waals surface area contributed by atoms with Gasteiger partial charge in [-0.2, -0.15) is 0 Å². The van der Waals surface area contributed by atoms with Crippen molar-refractivity contribution in [2.75, 3.05) is 5.32 Å². The number of anilines is 1. The molecule has 1 aromatic heterocycles. The average Bonchev–Trinajstić information content (AvgIpc) is 2.42. The zero-order chi connectivity index (χ0) is 14.7. The zero-order valence-electron chi connectivity index (χ0n) is 9.80. The molecule has 0 spiro atoms. The van der Waals surface area contributed by atoms with E-state index in [1.807, 2.05) is 0 Å². The largest absolute Gasteiger partial charge is 0.476 e. The van der Waals surface area contributed by atoms with Crippen LogP contribution in [0.3, 0.4) is 0 Å². The number of carbonyl (C=O) groups excluding carboxylic acids is 1. The van der Waals surface area contributed by atoms with Gasteiger partial charge in [0.05, 0.1) is 15.6 Å². The topological polar surface area (TPSA) is 92.2 Å². The minimum Gasteiger partial charge on any atom is -0.476 e. The lowest BCUT2D eigenvalue weighted by atomic mass is 10.2. The lowest BCUT2D eigenvalue weighted by Gasteiger charge is -2.08. The van der Waals surface area contributed by atoms with Gasteiger partial charge >= 0.3 is 5.97 Å². The van der Waals surface area contributed by atoms with Crippen LogP contribution in [0, 0.1) is 0 Å². The molecule has 0 saturated carbocycles. The van der Waals surface area contributed by atoms with Crippen LogP contribution >= 0.6 is 23.2 Å². The number of carbonyl (C=O) groups is 2. The molecule has 0 bridgehead atoms. The Kier molecular flexibility index (Phi) is 4.16. The summed E-state index contributed by atoms with van der Waals surface area (Å²) in [6, 6.07) is 4.55. The molecule has 6 nitrogen and oxygen atoms in total. The fourth-order valence-electron chi connectivity index (χ4n) is 1.44. The molecule has 1 aromatic carbocycles. The molecule has 2 rings (SSSR count). The molecule has 0 aliphatic carbocycles. The average molecular weight is 312 g/mol. The molecule has 2 aromatic rings. The number of aromatic carboxylic acids is 1. The smallest absolute Gasteiger partial charge is 0.358 e. The van der Waals surface area contributed by atoms with Gasteiger partial charge in [-0.1, -0.05) is 29.3 Å². The van der Waals surface area contributed by atoms with E-state index in [0.29, 0.717) is 0 Å². The second kappa shape index (κ2) is 5.85. The number of aromatic nitrogens is 2. The van der Waals surface area contributed by atoms with E-state index < -0.39 is 11.9 Å². The fourth-order valence-corrected chi connectivity index (χ4v) is 1.83. The Morgan fingerprint density at radius 3 is 2.55 bits per heavy atom. The maximum absolute atomic E-state index is 12.0. The summed E-state index contributed by atoms with van der Waals surface area (Å²) in [4.78, 5) is 30.4. The first-order valence-corrected chi connectivity index (χ1v) is 6.06. The van der Waals surface area contributed by atoms with Crippen molar-refractivity contribution in [1.29, 1.82) is 0 Å². The Labute approximate surface area is 123 Å². The van der Waals surface area contributed by atoms with Crippen LogP contribution in [0.15, 0.2) is 30.6 Å². The highest BCUT2D eigenvalue weighted by Crippen LogP contribution is 2.26. The summed E-state index contributed by atoms with van der Waals surface area (Å²) < 4.78 is 0. The number of hydrogen-bond donors (Lipinski definition) is 2. The van der Waals surface area contributed by atoms with Gasteiger partial charge in [0.2, 0.25) is 0 Å². The van der Waals surface area contributed by atoms with Gasteiger partial charge in [0.1, 0.15) is 0 Å². The van der Waals surface area contributed by atoms with Gasteiger partial charge in [-0.15, -0.1) is 0 Å². The summed E-state index contributed by atoms with van der Waals surface area (Å²) in [5, 5.41) is 11.6. The minimum absolute atomic E-state index is 0.0763. The molecular weight excluding hydrogens is 305 g/mol. The van der Waals surface area contributed by atoms with Crippen molar-refractivity contribution < 1.29 is 14.7 Å². The molecule has 0 aliphatic heterocycles. The van der Waals surface area contributed by atoms with E-state index in [2.05, 4.69) is 15.3 Å². The number of nitrogens with one attached hydrogen (secondary N) is 1. The first kappa shape index (κ1) is 14.2. The van der Waals surface area contributed by atoms with Gasteiger partial charge in [-0.05, 0) is 12.1 Å². The van der Waals surface area contributed by atoms with Crippen LogP contribution in [0.25, 0.3) is 0 Å². The third-order valence-electron chi connectivity index (χ3n) is 2.33. The normalized spacial score (nSPS) is 10.1. The maximum Gasteiger partial charge on any atom is 0.358 e. The summed E-state index contributed by atoms with van der Waals surface area (Å²) in [7, 11) is 0. The van der Waals surface area contributed by atoms with Gasteiger partial charge in [0.15, 0.2) is 11.5 Å². The van der Waals surface area contributed by atoms with Crippen molar-refractivity contribution in [3.8, 4) is 0 Å². The Morgan fingerprint density at radius 2 is 1.85 bits per heavy atom. The summed E-state index contributed by atoms with van der Waals surface area (Å²) in [5.74, 6) is -2.09. The van der Waals surface area contributed by atoms with Crippen molar-refractivity contribution in [3.63, 3.8) is 0 Å². The Morgan fingerprint density at radius 1 is 1.15 bits per heavy atom. The van der Waals surface area contributed by atoms with Gasteiger partial charge < -0.3 is 10.4 Å². The molecule has 2 N–H and O–H groups in total. The Bertz CT molecular complexity index is 691. The maximum atomic E-state index is 12.0. The van der Waals surface area contributed by atoms with Crippen molar-refractivity contribution in [1.82, 2.24) is 9.97 Å². The third kappa shape index (κ3) is 2.87. The first-order chi connectivity index (χ1) is 9.50. The summed E-state index contributed by atoms with van der Waals surface area (Å²) in [5.41, 5.74) is -0.250. The number of carboxylic acids is 1. The van der Waals surface area contributed by atoms with E-state index >= 15 is 0 Å². The SMILES string of the molecule is O=C(Nc1nccnc1C(=O)O)c1cccc(Cl)c1Cl. The number of halogens is 2. The van der Waals surface area contributed by atoms with Crippen LogP contribution in [-0.4, -0.2) is 27.0 Å². The third-order valence-corrected chi connectivity index (χ3v) is 3.15. The number of amides is 1. The quantitative estimate of drug-likeness (QED) is 0.909. The number of carboxylic acid groups (broad SMARTS) is 1. The van der Waals surface area contributed by atoms with Crippen molar-refractivity contribution in [3.05, 3.63) is 51.9 Å². The summed E-state index contributed by atoms with van der Waals surface area (Å²) in [6.07, 6.45) is 2.48. The molecule has 0 fully saturated rings. The number of benzene rings is 1.